The van der Waals surface area contributed by atoms with Crippen molar-refractivity contribution in [3.8, 4) is 0 Å². The second-order valence-corrected chi connectivity index (χ2v) is 5.25. The first-order chi connectivity index (χ1) is 9.33. The second-order valence-electron chi connectivity index (χ2n) is 5.25. The Morgan fingerprint density at radius 1 is 1.11 bits per heavy atom. The Kier molecular flexibility index (Phi) is 5.67. The Bertz CT molecular complexity index is 373. The van der Waals surface area contributed by atoms with Crippen molar-refractivity contribution in [2.75, 3.05) is 26.1 Å². The van der Waals surface area contributed by atoms with Crippen molar-refractivity contribution in [3.05, 3.63) is 29.8 Å². The highest BCUT2D eigenvalue weighted by atomic mass is 16.5. The van der Waals surface area contributed by atoms with Crippen LogP contribution in [0.4, 0.5) is 5.69 Å². The average Bonchev–Trinajstić information content (AvgIpc) is 2.47. The molecule has 106 valence electrons. The zero-order valence-corrected chi connectivity index (χ0v) is 12.0. The van der Waals surface area contributed by atoms with Gasteiger partial charge in [-0.3, -0.25) is 0 Å². The van der Waals surface area contributed by atoms with Crippen LogP contribution in [0.15, 0.2) is 24.3 Å². The molecule has 0 aliphatic heterocycles. The van der Waals surface area contributed by atoms with Gasteiger partial charge in [-0.05, 0) is 43.7 Å². The quantitative estimate of drug-likeness (QED) is 0.854. The largest absolute Gasteiger partial charge is 0.384 e. The minimum Gasteiger partial charge on any atom is -0.384 e. The fraction of sp³-hybridized carbons (Fsp3) is 0.625. The molecule has 1 fully saturated rings. The summed E-state index contributed by atoms with van der Waals surface area (Å²) in [6.45, 7) is 0.773. The lowest BCUT2D eigenvalue weighted by Crippen LogP contribution is -2.29. The maximum atomic E-state index is 5.42. The number of benzene rings is 1. The summed E-state index contributed by atoms with van der Waals surface area (Å²) in [5.74, 6) is 0. The lowest BCUT2D eigenvalue weighted by molar-refractivity contribution is 0.0682. The van der Waals surface area contributed by atoms with E-state index in [1.807, 2.05) is 7.11 Å². The second kappa shape index (κ2) is 7.51. The van der Waals surface area contributed by atoms with E-state index in [4.69, 9.17) is 9.47 Å². The molecule has 0 amide bonds. The molecule has 1 N–H and O–H groups in total. The first kappa shape index (κ1) is 14.4. The summed E-state index contributed by atoms with van der Waals surface area (Å²) in [5.41, 5.74) is 2.61. The predicted octanol–water partition coefficient (Wildman–Crippen LogP) is 3.25. The summed E-state index contributed by atoms with van der Waals surface area (Å²) in [5, 5.41) is 3.69. The van der Waals surface area contributed by atoms with Crippen LogP contribution in [0.2, 0.25) is 0 Å². The van der Waals surface area contributed by atoms with Gasteiger partial charge in [-0.15, -0.1) is 0 Å². The number of ether oxygens (including phenoxy) is 2. The molecule has 1 aromatic rings. The van der Waals surface area contributed by atoms with Crippen molar-refractivity contribution in [1.82, 2.24) is 0 Å². The maximum absolute atomic E-state index is 5.42. The van der Waals surface area contributed by atoms with Gasteiger partial charge in [0.1, 0.15) is 0 Å². The van der Waals surface area contributed by atoms with E-state index in [1.54, 1.807) is 7.11 Å². The first-order valence-corrected chi connectivity index (χ1v) is 7.19. The van der Waals surface area contributed by atoms with Gasteiger partial charge < -0.3 is 14.8 Å². The van der Waals surface area contributed by atoms with Crippen LogP contribution in [0.5, 0.6) is 0 Å². The van der Waals surface area contributed by atoms with Gasteiger partial charge in [-0.2, -0.15) is 0 Å². The molecule has 0 spiro atoms. The van der Waals surface area contributed by atoms with Crippen molar-refractivity contribution in [2.24, 2.45) is 0 Å². The summed E-state index contributed by atoms with van der Waals surface area (Å²) in [6, 6.07) is 9.13. The van der Waals surface area contributed by atoms with E-state index >= 15 is 0 Å². The van der Waals surface area contributed by atoms with Crippen LogP contribution in [0.25, 0.3) is 0 Å². The lowest BCUT2D eigenvalue weighted by atomic mass is 9.92. The topological polar surface area (TPSA) is 30.5 Å². The number of para-hydroxylation sites is 1. The highest BCUT2D eigenvalue weighted by molar-refractivity contribution is 5.52. The van der Waals surface area contributed by atoms with E-state index in [0.717, 1.165) is 25.9 Å². The molecule has 0 bridgehead atoms. The third-order valence-electron chi connectivity index (χ3n) is 3.96. The highest BCUT2D eigenvalue weighted by Crippen LogP contribution is 2.25. The summed E-state index contributed by atoms with van der Waals surface area (Å²) < 4.78 is 10.6. The van der Waals surface area contributed by atoms with Gasteiger partial charge in [0.05, 0.1) is 12.7 Å². The Morgan fingerprint density at radius 3 is 2.53 bits per heavy atom. The standard InChI is InChI=1S/C16H25NO2/c1-18-12-11-13-5-3-4-6-16(13)17-14-7-9-15(19-2)10-8-14/h3-6,14-15,17H,7-12H2,1-2H3. The van der Waals surface area contributed by atoms with Crippen LogP contribution in [0.3, 0.4) is 0 Å². The van der Waals surface area contributed by atoms with Gasteiger partial charge in [0.25, 0.3) is 0 Å². The SMILES string of the molecule is COCCc1ccccc1NC1CCC(OC)CC1. The molecule has 0 heterocycles. The van der Waals surface area contributed by atoms with Crippen LogP contribution in [0, 0.1) is 0 Å². The lowest BCUT2D eigenvalue weighted by Gasteiger charge is -2.29. The fourth-order valence-corrected chi connectivity index (χ4v) is 2.75. The fourth-order valence-electron chi connectivity index (χ4n) is 2.75. The smallest absolute Gasteiger partial charge is 0.0572 e. The van der Waals surface area contributed by atoms with Gasteiger partial charge >= 0.3 is 0 Å². The van der Waals surface area contributed by atoms with E-state index in [0.29, 0.717) is 12.1 Å². The summed E-state index contributed by atoms with van der Waals surface area (Å²) in [6.07, 6.45) is 6.13. The van der Waals surface area contributed by atoms with E-state index in [-0.39, 0.29) is 0 Å². The van der Waals surface area contributed by atoms with Crippen LogP contribution in [-0.4, -0.2) is 33.0 Å². The van der Waals surface area contributed by atoms with E-state index in [1.165, 1.54) is 24.1 Å². The molecule has 1 aliphatic carbocycles. The molecule has 0 radical (unpaired) electrons. The average molecular weight is 263 g/mol. The molecule has 1 aliphatic rings. The summed E-state index contributed by atoms with van der Waals surface area (Å²) in [4.78, 5) is 0. The van der Waals surface area contributed by atoms with Crippen LogP contribution in [0.1, 0.15) is 31.2 Å². The third kappa shape index (κ3) is 4.22. The maximum Gasteiger partial charge on any atom is 0.0572 e. The van der Waals surface area contributed by atoms with Crippen LogP contribution in [-0.2, 0) is 15.9 Å². The molecule has 19 heavy (non-hydrogen) atoms. The van der Waals surface area contributed by atoms with E-state index < -0.39 is 0 Å². The van der Waals surface area contributed by atoms with Gasteiger partial charge in [0, 0.05) is 25.9 Å². The monoisotopic (exact) mass is 263 g/mol. The number of hydrogen-bond acceptors (Lipinski definition) is 3. The highest BCUT2D eigenvalue weighted by Gasteiger charge is 2.20. The molecule has 0 atom stereocenters. The molecule has 3 heteroatoms. The predicted molar refractivity (Wildman–Crippen MR) is 78.7 cm³/mol. The molecule has 1 aromatic carbocycles. The van der Waals surface area contributed by atoms with Gasteiger partial charge in [-0.1, -0.05) is 18.2 Å². The number of hydrogen-bond donors (Lipinski definition) is 1. The summed E-state index contributed by atoms with van der Waals surface area (Å²) in [7, 11) is 3.57. The number of anilines is 1. The number of rotatable bonds is 6. The van der Waals surface area contributed by atoms with Crippen molar-refractivity contribution in [1.29, 1.82) is 0 Å². The van der Waals surface area contributed by atoms with Crippen LogP contribution >= 0.6 is 0 Å². The van der Waals surface area contributed by atoms with Gasteiger partial charge in [0.15, 0.2) is 0 Å². The van der Waals surface area contributed by atoms with Gasteiger partial charge in [-0.25, -0.2) is 0 Å². The number of methoxy groups -OCH3 is 2. The summed E-state index contributed by atoms with van der Waals surface area (Å²) >= 11 is 0. The minimum absolute atomic E-state index is 0.460. The Hall–Kier alpha value is -1.06. The van der Waals surface area contributed by atoms with E-state index in [9.17, 15) is 0 Å². The molecule has 3 nitrogen and oxygen atoms in total. The third-order valence-corrected chi connectivity index (χ3v) is 3.96. The van der Waals surface area contributed by atoms with E-state index in [2.05, 4.69) is 29.6 Å². The van der Waals surface area contributed by atoms with Crippen LogP contribution < -0.4 is 5.32 Å². The number of nitrogens with one attached hydrogen (secondary N) is 1. The van der Waals surface area contributed by atoms with Gasteiger partial charge in [0.2, 0.25) is 0 Å². The molecule has 0 unspecified atom stereocenters. The first-order valence-electron chi connectivity index (χ1n) is 7.19. The van der Waals surface area contributed by atoms with Crippen molar-refractivity contribution in [2.45, 2.75) is 44.2 Å². The molecule has 2 rings (SSSR count). The zero-order chi connectivity index (χ0) is 13.5. The van der Waals surface area contributed by atoms with Crippen molar-refractivity contribution < 1.29 is 9.47 Å². The molecule has 0 aromatic heterocycles. The normalized spacial score (nSPS) is 23.3. The molecule has 1 saturated carbocycles. The minimum atomic E-state index is 0.460. The van der Waals surface area contributed by atoms with Crippen molar-refractivity contribution in [3.63, 3.8) is 0 Å². The molecular weight excluding hydrogens is 238 g/mol. The zero-order valence-electron chi connectivity index (χ0n) is 12.0. The van der Waals surface area contributed by atoms with Crippen molar-refractivity contribution >= 4 is 5.69 Å². The Labute approximate surface area is 116 Å². The molecule has 0 saturated heterocycles. The molecular formula is C16H25NO2. The Morgan fingerprint density at radius 2 is 1.84 bits per heavy atom. The Balaban J connectivity index is 1.91.